The molecule has 1 amide bonds. The predicted octanol–water partition coefficient (Wildman–Crippen LogP) is 7.50. The number of hydrogen-bond acceptors (Lipinski definition) is 4. The molecule has 1 atom stereocenters. The number of nitrogens with zero attached hydrogens (tertiary/aromatic N) is 1. The van der Waals surface area contributed by atoms with Gasteiger partial charge in [-0.05, 0) is 52.2 Å². The fraction of sp³-hybridized carbons (Fsp3) is 0.121. The Morgan fingerprint density at radius 3 is 2.26 bits per heavy atom. The third kappa shape index (κ3) is 6.81. The minimum Gasteiger partial charge on any atom is -0.480 e. The number of rotatable bonds is 9. The highest BCUT2D eigenvalue weighted by Crippen LogP contribution is 2.31. The van der Waals surface area contributed by atoms with Crippen molar-refractivity contribution >= 4 is 40.1 Å². The summed E-state index contributed by atoms with van der Waals surface area (Å²) in [4.78, 5) is 39.2. The Bertz CT molecular complexity index is 1830. The number of amides is 1. The van der Waals surface area contributed by atoms with E-state index in [0.29, 0.717) is 16.9 Å². The molecule has 0 fully saturated rings. The molecule has 43 heavy (non-hydrogen) atoms. The van der Waals surface area contributed by atoms with Gasteiger partial charge in [-0.3, -0.25) is 14.2 Å². The molecule has 10 heteroatoms. The fourth-order valence-electron chi connectivity index (χ4n) is 4.69. The van der Waals surface area contributed by atoms with Crippen LogP contribution in [0.1, 0.15) is 27.5 Å². The second-order valence-corrected chi connectivity index (χ2v) is 10.8. The van der Waals surface area contributed by atoms with Crippen LogP contribution in [0.5, 0.6) is 0 Å². The Morgan fingerprint density at radius 1 is 0.884 bits per heavy atom. The maximum atomic E-state index is 13.7. The van der Waals surface area contributed by atoms with E-state index < -0.39 is 35.2 Å². The molecule has 0 saturated heterocycles. The fourth-order valence-corrected chi connectivity index (χ4v) is 5.76. The summed E-state index contributed by atoms with van der Waals surface area (Å²) in [7, 11) is 0. The van der Waals surface area contributed by atoms with E-state index in [1.807, 2.05) is 72.8 Å². The molecule has 218 valence electrons. The van der Waals surface area contributed by atoms with E-state index in [1.54, 1.807) is 0 Å². The van der Waals surface area contributed by atoms with Crippen LogP contribution >= 0.6 is 11.8 Å². The van der Waals surface area contributed by atoms with Crippen LogP contribution in [-0.4, -0.2) is 27.3 Å². The van der Waals surface area contributed by atoms with Crippen LogP contribution in [0, 0.1) is 0 Å². The van der Waals surface area contributed by atoms with E-state index in [9.17, 15) is 32.7 Å². The Labute approximate surface area is 248 Å². The largest absolute Gasteiger partial charge is 0.480 e. The first-order valence-electron chi connectivity index (χ1n) is 13.2. The summed E-state index contributed by atoms with van der Waals surface area (Å²) in [6, 6.07) is 26.4. The zero-order valence-electron chi connectivity index (χ0n) is 22.5. The van der Waals surface area contributed by atoms with Crippen molar-refractivity contribution in [1.82, 2.24) is 4.57 Å². The molecule has 2 N–H and O–H groups in total. The van der Waals surface area contributed by atoms with Gasteiger partial charge < -0.3 is 10.4 Å². The number of aromatic nitrogens is 1. The van der Waals surface area contributed by atoms with Gasteiger partial charge >= 0.3 is 12.1 Å². The lowest BCUT2D eigenvalue weighted by molar-refractivity contribution is -0.140. The van der Waals surface area contributed by atoms with Gasteiger partial charge in [-0.1, -0.05) is 72.8 Å². The average molecular weight is 603 g/mol. The summed E-state index contributed by atoms with van der Waals surface area (Å²) in [6.07, 6.45) is -3.10. The highest BCUT2D eigenvalue weighted by Gasteiger charge is 2.30. The number of fused-ring (bicyclic) bond motifs is 1. The highest BCUT2D eigenvalue weighted by atomic mass is 32.2. The molecule has 0 saturated carbocycles. The molecule has 1 aromatic heterocycles. The number of halogens is 3. The summed E-state index contributed by atoms with van der Waals surface area (Å²) in [5, 5.41) is 14.4. The molecule has 0 aliphatic rings. The number of carbonyl (C=O) groups is 2. The van der Waals surface area contributed by atoms with Gasteiger partial charge in [-0.25, -0.2) is 4.79 Å². The summed E-state index contributed by atoms with van der Waals surface area (Å²) in [6.45, 7) is 0. The van der Waals surface area contributed by atoms with Crippen molar-refractivity contribution in [2.75, 3.05) is 11.1 Å². The van der Waals surface area contributed by atoms with Crippen LogP contribution in [-0.2, 0) is 16.7 Å². The number of nitrogens with one attached hydrogen (secondary N) is 1. The quantitative estimate of drug-likeness (QED) is 0.182. The maximum absolute atomic E-state index is 13.7. The third-order valence-electron chi connectivity index (χ3n) is 6.87. The lowest BCUT2D eigenvalue weighted by Gasteiger charge is -2.19. The standard InChI is InChI=1S/C33H25F3N2O4S/c34-33(35,36)25-15-13-23(14-16-25)30(39)37-28-17-24(27-12-6-10-22-9-4-5-11-26(22)27)18-38(31(28)40)29(32(41)42)20-43-19-21-7-2-1-3-8-21/h1-18,29H,19-20H2,(H,37,39)(H,41,42). The van der Waals surface area contributed by atoms with Gasteiger partial charge in [-0.15, -0.1) is 0 Å². The summed E-state index contributed by atoms with van der Waals surface area (Å²) < 4.78 is 40.1. The number of hydrogen-bond donors (Lipinski definition) is 2. The molecule has 0 aliphatic carbocycles. The van der Waals surface area contributed by atoms with E-state index in [0.717, 1.165) is 45.2 Å². The number of anilines is 1. The lowest BCUT2D eigenvalue weighted by atomic mass is 9.99. The number of thioether (sulfide) groups is 1. The van der Waals surface area contributed by atoms with Gasteiger partial charge in [0.15, 0.2) is 0 Å². The number of alkyl halides is 3. The van der Waals surface area contributed by atoms with E-state index >= 15 is 0 Å². The van der Waals surface area contributed by atoms with Gasteiger partial charge in [0.2, 0.25) is 0 Å². The van der Waals surface area contributed by atoms with Crippen molar-refractivity contribution in [1.29, 1.82) is 0 Å². The molecule has 1 unspecified atom stereocenters. The van der Waals surface area contributed by atoms with Crippen LogP contribution in [0.15, 0.2) is 114 Å². The molecule has 1 heterocycles. The van der Waals surface area contributed by atoms with Crippen molar-refractivity contribution < 1.29 is 27.9 Å². The van der Waals surface area contributed by atoms with Gasteiger partial charge in [0.1, 0.15) is 11.7 Å². The second kappa shape index (κ2) is 12.6. The smallest absolute Gasteiger partial charge is 0.416 e. The number of carboxylic acids is 1. The number of aliphatic carboxylic acids is 1. The predicted molar refractivity (Wildman–Crippen MR) is 162 cm³/mol. The number of pyridine rings is 1. The van der Waals surface area contributed by atoms with E-state index in [4.69, 9.17) is 0 Å². The van der Waals surface area contributed by atoms with E-state index in [-0.39, 0.29) is 17.0 Å². The second-order valence-electron chi connectivity index (χ2n) is 9.77. The number of benzene rings is 4. The lowest BCUT2D eigenvalue weighted by Crippen LogP contribution is -2.33. The number of carboxylic acid groups (broad SMARTS) is 1. The zero-order chi connectivity index (χ0) is 30.6. The zero-order valence-corrected chi connectivity index (χ0v) is 23.4. The summed E-state index contributed by atoms with van der Waals surface area (Å²) in [5.41, 5.74) is 0.227. The molecule has 6 nitrogen and oxygen atoms in total. The molecule has 0 bridgehead atoms. The monoisotopic (exact) mass is 602 g/mol. The van der Waals surface area contributed by atoms with Crippen LogP contribution < -0.4 is 10.9 Å². The SMILES string of the molecule is O=C(Nc1cc(-c2cccc3ccccc23)cn(C(CSCc2ccccc2)C(=O)O)c1=O)c1ccc(C(F)(F)F)cc1. The van der Waals surface area contributed by atoms with Crippen molar-refractivity contribution in [2.24, 2.45) is 0 Å². The highest BCUT2D eigenvalue weighted by molar-refractivity contribution is 7.98. The first kappa shape index (κ1) is 29.7. The average Bonchev–Trinajstić information content (AvgIpc) is 3.00. The van der Waals surface area contributed by atoms with Crippen molar-refractivity contribution in [3.63, 3.8) is 0 Å². The Balaban J connectivity index is 1.55. The molecular formula is C33H25F3N2O4S. The van der Waals surface area contributed by atoms with Crippen molar-refractivity contribution in [3.8, 4) is 11.1 Å². The first-order valence-corrected chi connectivity index (χ1v) is 14.3. The summed E-state index contributed by atoms with van der Waals surface area (Å²) in [5.74, 6) is -1.44. The Morgan fingerprint density at radius 2 is 1.56 bits per heavy atom. The minimum atomic E-state index is -4.57. The topological polar surface area (TPSA) is 88.4 Å². The van der Waals surface area contributed by atoms with Crippen LogP contribution in [0.4, 0.5) is 18.9 Å². The Kier molecular flexibility index (Phi) is 8.68. The first-order chi connectivity index (χ1) is 20.6. The third-order valence-corrected chi connectivity index (χ3v) is 7.96. The van der Waals surface area contributed by atoms with E-state index in [1.165, 1.54) is 24.0 Å². The molecule has 0 aliphatic heterocycles. The van der Waals surface area contributed by atoms with Gasteiger partial charge in [0.25, 0.3) is 11.5 Å². The normalized spacial score (nSPS) is 12.2. The summed E-state index contributed by atoms with van der Waals surface area (Å²) >= 11 is 1.35. The number of carbonyl (C=O) groups excluding carboxylic acids is 1. The van der Waals surface area contributed by atoms with Gasteiger partial charge in [0.05, 0.1) is 5.56 Å². The van der Waals surface area contributed by atoms with Crippen LogP contribution in [0.3, 0.4) is 0 Å². The molecule has 5 aromatic rings. The van der Waals surface area contributed by atoms with Crippen LogP contribution in [0.2, 0.25) is 0 Å². The van der Waals surface area contributed by atoms with Crippen LogP contribution in [0.25, 0.3) is 21.9 Å². The minimum absolute atomic E-state index is 0.0649. The Hall–Kier alpha value is -4.83. The molecular weight excluding hydrogens is 577 g/mol. The molecule has 0 radical (unpaired) electrons. The molecule has 4 aromatic carbocycles. The van der Waals surface area contributed by atoms with E-state index in [2.05, 4.69) is 5.32 Å². The van der Waals surface area contributed by atoms with Crippen molar-refractivity contribution in [2.45, 2.75) is 18.0 Å². The van der Waals surface area contributed by atoms with Gasteiger partial charge in [0, 0.05) is 28.8 Å². The van der Waals surface area contributed by atoms with Crippen molar-refractivity contribution in [3.05, 3.63) is 136 Å². The molecule has 0 spiro atoms. The van der Waals surface area contributed by atoms with Gasteiger partial charge in [-0.2, -0.15) is 24.9 Å². The maximum Gasteiger partial charge on any atom is 0.416 e. The molecule has 5 rings (SSSR count).